The van der Waals surface area contributed by atoms with Gasteiger partial charge in [-0.25, -0.2) is 4.79 Å². The average molecular weight is 244 g/mol. The Labute approximate surface area is 96.8 Å². The zero-order chi connectivity index (χ0) is 12.1. The van der Waals surface area contributed by atoms with Crippen LogP contribution in [0.4, 0.5) is 0 Å². The van der Waals surface area contributed by atoms with Crippen molar-refractivity contribution in [2.24, 2.45) is 0 Å². The van der Waals surface area contributed by atoms with Gasteiger partial charge in [-0.1, -0.05) is 0 Å². The van der Waals surface area contributed by atoms with Crippen molar-refractivity contribution in [1.82, 2.24) is 0 Å². The predicted molar refractivity (Wildman–Crippen MR) is 58.6 cm³/mol. The van der Waals surface area contributed by atoms with Crippen LogP contribution in [-0.4, -0.2) is 29.9 Å². The van der Waals surface area contributed by atoms with Gasteiger partial charge in [0.2, 0.25) is 5.76 Å². The second-order valence-corrected chi connectivity index (χ2v) is 4.05. The number of aromatic carboxylic acids is 1. The van der Waals surface area contributed by atoms with Gasteiger partial charge in [0, 0.05) is 11.3 Å². The molecule has 1 N–H and O–H groups in total. The van der Waals surface area contributed by atoms with Gasteiger partial charge in [-0.2, -0.15) is 0 Å². The summed E-state index contributed by atoms with van der Waals surface area (Å²) in [6, 6.07) is 1.47. The first-order valence-corrected chi connectivity index (χ1v) is 5.67. The first-order valence-electron chi connectivity index (χ1n) is 4.51. The van der Waals surface area contributed by atoms with E-state index in [0.29, 0.717) is 11.5 Å². The van der Waals surface area contributed by atoms with Crippen LogP contribution in [0.1, 0.15) is 21.9 Å². The fraction of sp³-hybridized carbons (Fsp3) is 0.400. The molecule has 0 amide bonds. The summed E-state index contributed by atoms with van der Waals surface area (Å²) in [5, 5.41) is 8.70. The second kappa shape index (κ2) is 5.60. The number of rotatable bonds is 5. The zero-order valence-corrected chi connectivity index (χ0v) is 9.80. The highest BCUT2D eigenvalue weighted by Crippen LogP contribution is 2.20. The lowest BCUT2D eigenvalue weighted by Gasteiger charge is -1.98. The lowest BCUT2D eigenvalue weighted by molar-refractivity contribution is -0.137. The minimum Gasteiger partial charge on any atom is -0.475 e. The fourth-order valence-electron chi connectivity index (χ4n) is 1.07. The van der Waals surface area contributed by atoms with Crippen LogP contribution in [0.2, 0.25) is 0 Å². The molecule has 0 radical (unpaired) electrons. The van der Waals surface area contributed by atoms with Crippen molar-refractivity contribution in [2.45, 2.75) is 12.7 Å². The molecule has 0 saturated heterocycles. The lowest BCUT2D eigenvalue weighted by Crippen LogP contribution is -2.03. The number of esters is 1. The summed E-state index contributed by atoms with van der Waals surface area (Å²) < 4.78 is 9.52. The molecule has 1 rings (SSSR count). The second-order valence-electron chi connectivity index (χ2n) is 3.07. The molecule has 1 aromatic heterocycles. The van der Waals surface area contributed by atoms with E-state index in [1.165, 1.54) is 24.9 Å². The number of hydrogen-bond donors (Lipinski definition) is 1. The zero-order valence-electron chi connectivity index (χ0n) is 8.98. The van der Waals surface area contributed by atoms with E-state index in [2.05, 4.69) is 4.74 Å². The molecule has 16 heavy (non-hydrogen) atoms. The lowest BCUT2D eigenvalue weighted by atomic mass is 10.3. The number of carbonyl (C=O) groups excluding carboxylic acids is 1. The molecule has 0 aromatic carbocycles. The Hall–Kier alpha value is -1.43. The summed E-state index contributed by atoms with van der Waals surface area (Å²) in [5.74, 6) is -0.140. The molecule has 1 aromatic rings. The van der Waals surface area contributed by atoms with E-state index in [1.807, 2.05) is 0 Å². The maximum Gasteiger partial charge on any atom is 0.371 e. The number of methoxy groups -OCH3 is 1. The SMILES string of the molecule is COC(=O)CSCc1cc(C(=O)O)oc1C. The third-order valence-corrected chi connectivity index (χ3v) is 2.89. The van der Waals surface area contributed by atoms with Gasteiger partial charge >= 0.3 is 11.9 Å². The number of hydrogen-bond acceptors (Lipinski definition) is 5. The van der Waals surface area contributed by atoms with Crippen LogP contribution in [0.5, 0.6) is 0 Å². The van der Waals surface area contributed by atoms with E-state index >= 15 is 0 Å². The Morgan fingerprint density at radius 3 is 2.75 bits per heavy atom. The van der Waals surface area contributed by atoms with Gasteiger partial charge in [-0.15, -0.1) is 11.8 Å². The largest absolute Gasteiger partial charge is 0.475 e. The van der Waals surface area contributed by atoms with E-state index in [-0.39, 0.29) is 17.5 Å². The van der Waals surface area contributed by atoms with Crippen molar-refractivity contribution in [3.63, 3.8) is 0 Å². The molecule has 5 nitrogen and oxygen atoms in total. The Bertz CT molecular complexity index is 396. The average Bonchev–Trinajstić information content (AvgIpc) is 2.60. The molecule has 0 bridgehead atoms. The normalized spacial score (nSPS) is 10.1. The molecule has 6 heteroatoms. The molecule has 0 aliphatic carbocycles. The first kappa shape index (κ1) is 12.6. The minimum absolute atomic E-state index is 0.0776. The standard InChI is InChI=1S/C10H12O5S/c1-6-7(3-8(15-6)10(12)13)4-16-5-9(11)14-2/h3H,4-5H2,1-2H3,(H,12,13). The van der Waals surface area contributed by atoms with Crippen LogP contribution in [0.25, 0.3) is 0 Å². The summed E-state index contributed by atoms with van der Waals surface area (Å²) in [4.78, 5) is 21.5. The maximum absolute atomic E-state index is 10.8. The van der Waals surface area contributed by atoms with Crippen LogP contribution < -0.4 is 0 Å². The smallest absolute Gasteiger partial charge is 0.371 e. The monoisotopic (exact) mass is 244 g/mol. The topological polar surface area (TPSA) is 76.7 Å². The number of carboxylic acid groups (broad SMARTS) is 1. The van der Waals surface area contributed by atoms with Crippen molar-refractivity contribution in [2.75, 3.05) is 12.9 Å². The van der Waals surface area contributed by atoms with Crippen molar-refractivity contribution in [3.05, 3.63) is 23.2 Å². The quantitative estimate of drug-likeness (QED) is 0.794. The summed E-state index contributed by atoms with van der Waals surface area (Å²) >= 11 is 1.35. The van der Waals surface area contributed by atoms with Crippen LogP contribution in [-0.2, 0) is 15.3 Å². The summed E-state index contributed by atoms with van der Waals surface area (Å²) in [6.07, 6.45) is 0. The molecule has 88 valence electrons. The van der Waals surface area contributed by atoms with Crippen LogP contribution in [0.3, 0.4) is 0 Å². The molecule has 0 atom stereocenters. The van der Waals surface area contributed by atoms with Crippen molar-refractivity contribution in [1.29, 1.82) is 0 Å². The number of carbonyl (C=O) groups is 2. The van der Waals surface area contributed by atoms with Crippen molar-refractivity contribution >= 4 is 23.7 Å². The molecule has 0 spiro atoms. The molecule has 0 saturated carbocycles. The first-order chi connectivity index (χ1) is 7.54. The van der Waals surface area contributed by atoms with E-state index in [4.69, 9.17) is 9.52 Å². The van der Waals surface area contributed by atoms with Gasteiger partial charge in [-0.3, -0.25) is 4.79 Å². The molecule has 0 fully saturated rings. The Balaban J connectivity index is 2.54. The number of carboxylic acids is 1. The number of aryl methyl sites for hydroxylation is 1. The fourth-order valence-corrected chi connectivity index (χ4v) is 1.96. The highest BCUT2D eigenvalue weighted by Gasteiger charge is 2.13. The summed E-state index contributed by atoms with van der Waals surface area (Å²) in [7, 11) is 1.33. The molecule has 0 unspecified atom stereocenters. The highest BCUT2D eigenvalue weighted by molar-refractivity contribution is 7.99. The highest BCUT2D eigenvalue weighted by atomic mass is 32.2. The van der Waals surface area contributed by atoms with Crippen LogP contribution in [0, 0.1) is 6.92 Å². The molecule has 0 aliphatic heterocycles. The third-order valence-electron chi connectivity index (χ3n) is 1.94. The Kier molecular flexibility index (Phi) is 4.42. The molecular weight excluding hydrogens is 232 g/mol. The van der Waals surface area contributed by atoms with Gasteiger partial charge in [0.05, 0.1) is 12.9 Å². The van der Waals surface area contributed by atoms with E-state index in [1.54, 1.807) is 6.92 Å². The van der Waals surface area contributed by atoms with Crippen LogP contribution in [0.15, 0.2) is 10.5 Å². The maximum atomic E-state index is 10.8. The van der Waals surface area contributed by atoms with Gasteiger partial charge < -0.3 is 14.3 Å². The molecular formula is C10H12O5S. The summed E-state index contributed by atoms with van der Waals surface area (Å²) in [6.45, 7) is 1.69. The van der Waals surface area contributed by atoms with Crippen molar-refractivity contribution in [3.8, 4) is 0 Å². The Morgan fingerprint density at radius 1 is 1.56 bits per heavy atom. The number of ether oxygens (including phenoxy) is 1. The number of furan rings is 1. The van der Waals surface area contributed by atoms with Crippen LogP contribution >= 0.6 is 11.8 Å². The predicted octanol–water partition coefficient (Wildman–Crippen LogP) is 1.69. The van der Waals surface area contributed by atoms with E-state index < -0.39 is 5.97 Å². The third kappa shape index (κ3) is 3.30. The van der Waals surface area contributed by atoms with E-state index in [0.717, 1.165) is 5.56 Å². The summed E-state index contributed by atoms with van der Waals surface area (Å²) in [5.41, 5.74) is 0.784. The van der Waals surface area contributed by atoms with E-state index in [9.17, 15) is 9.59 Å². The van der Waals surface area contributed by atoms with Gasteiger partial charge in [0.25, 0.3) is 0 Å². The van der Waals surface area contributed by atoms with Crippen molar-refractivity contribution < 1.29 is 23.8 Å². The number of thioether (sulfide) groups is 1. The van der Waals surface area contributed by atoms with Gasteiger partial charge in [-0.05, 0) is 13.0 Å². The Morgan fingerprint density at radius 2 is 2.25 bits per heavy atom. The van der Waals surface area contributed by atoms with Gasteiger partial charge in [0.1, 0.15) is 5.76 Å². The van der Waals surface area contributed by atoms with Gasteiger partial charge in [0.15, 0.2) is 0 Å². The molecule has 1 heterocycles. The molecule has 0 aliphatic rings. The minimum atomic E-state index is -1.09.